The molecule has 0 N–H and O–H groups in total. The highest BCUT2D eigenvalue weighted by molar-refractivity contribution is 8.06. The van der Waals surface area contributed by atoms with Crippen LogP contribution in [-0.2, 0) is 33.3 Å². The molecule has 3 heterocycles. The van der Waals surface area contributed by atoms with E-state index < -0.39 is 31.7 Å². The number of allylic oxidation sites excluding steroid dienone is 1. The lowest BCUT2D eigenvalue weighted by molar-refractivity contribution is -0.683. The molecule has 10 nitrogen and oxygen atoms in total. The molecule has 1 aliphatic heterocycles. The van der Waals surface area contributed by atoms with Gasteiger partial charge in [-0.25, -0.2) is 16.8 Å². The van der Waals surface area contributed by atoms with Crippen molar-refractivity contribution in [2.24, 2.45) is 0 Å². The lowest BCUT2D eigenvalue weighted by atomic mass is 10.1. The summed E-state index contributed by atoms with van der Waals surface area (Å²) in [6, 6.07) is 19.3. The quantitative estimate of drug-likeness (QED) is 0.150. The van der Waals surface area contributed by atoms with Crippen molar-refractivity contribution < 1.29 is 30.5 Å². The monoisotopic (exact) mass is 730 g/mol. The molecule has 0 unspecified atom stereocenters. The Bertz CT molecular complexity index is 2190. The second kappa shape index (κ2) is 15.3. The molecule has 0 atom stereocenters. The first-order valence-electron chi connectivity index (χ1n) is 14.7. The van der Waals surface area contributed by atoms with Crippen LogP contribution in [-0.4, -0.2) is 53.5 Å². The van der Waals surface area contributed by atoms with Gasteiger partial charge in [0.05, 0.1) is 47.0 Å². The number of thioether (sulfide) groups is 1. The van der Waals surface area contributed by atoms with E-state index in [4.69, 9.17) is 0 Å². The van der Waals surface area contributed by atoms with E-state index in [0.29, 0.717) is 28.8 Å². The molecule has 248 valence electrons. The van der Waals surface area contributed by atoms with Gasteiger partial charge in [-0.15, -0.1) is 11.3 Å². The molecule has 0 radical (unpaired) electrons. The molecule has 0 saturated carbocycles. The average molecular weight is 731 g/mol. The predicted octanol–water partition coefficient (Wildman–Crippen LogP) is 3.31. The van der Waals surface area contributed by atoms with Crippen molar-refractivity contribution >= 4 is 72.5 Å². The zero-order valence-corrected chi connectivity index (χ0v) is 29.4. The van der Waals surface area contributed by atoms with E-state index in [2.05, 4.69) is 0 Å². The largest absolute Gasteiger partial charge is 0.748 e. The average Bonchev–Trinajstić information content (AvgIpc) is 3.71. The van der Waals surface area contributed by atoms with E-state index in [1.165, 1.54) is 34.4 Å². The van der Waals surface area contributed by atoms with Crippen LogP contribution in [0.3, 0.4) is 0 Å². The van der Waals surface area contributed by atoms with Crippen molar-refractivity contribution in [2.75, 3.05) is 18.1 Å². The van der Waals surface area contributed by atoms with Gasteiger partial charge in [0.25, 0.3) is 10.6 Å². The molecule has 0 saturated heterocycles. The van der Waals surface area contributed by atoms with Crippen LogP contribution in [0.5, 0.6) is 0 Å². The smallest absolute Gasteiger partial charge is 0.269 e. The Morgan fingerprint density at radius 2 is 1.51 bits per heavy atom. The summed E-state index contributed by atoms with van der Waals surface area (Å²) < 4.78 is 72.6. The Labute approximate surface area is 285 Å². The summed E-state index contributed by atoms with van der Waals surface area (Å²) in [5.74, 6) is -0.946. The first-order chi connectivity index (χ1) is 22.4. The normalized spacial score (nSPS) is 15.6. The van der Waals surface area contributed by atoms with E-state index in [0.717, 1.165) is 32.6 Å². The van der Waals surface area contributed by atoms with Gasteiger partial charge in [-0.1, -0.05) is 71.6 Å². The molecule has 0 fully saturated rings. The van der Waals surface area contributed by atoms with E-state index in [-0.39, 0.29) is 18.4 Å². The molecule has 0 bridgehead atoms. The predicted molar refractivity (Wildman–Crippen MR) is 187 cm³/mol. The maximum Gasteiger partial charge on any atom is 0.269 e. The van der Waals surface area contributed by atoms with Crippen LogP contribution in [0.1, 0.15) is 30.3 Å². The highest BCUT2D eigenvalue weighted by atomic mass is 32.2. The van der Waals surface area contributed by atoms with E-state index in [1.54, 1.807) is 10.6 Å². The van der Waals surface area contributed by atoms with Crippen molar-refractivity contribution in [3.63, 3.8) is 0 Å². The summed E-state index contributed by atoms with van der Waals surface area (Å²) in [5, 5.41) is 5.55. The number of hydrogen-bond donors (Lipinski definition) is 0. The van der Waals surface area contributed by atoms with Gasteiger partial charge in [-0.05, 0) is 43.2 Å². The van der Waals surface area contributed by atoms with Crippen molar-refractivity contribution in [3.05, 3.63) is 113 Å². The first kappa shape index (κ1) is 35.0. The van der Waals surface area contributed by atoms with Gasteiger partial charge in [0, 0.05) is 42.0 Å². The summed E-state index contributed by atoms with van der Waals surface area (Å²) in [6.07, 6.45) is 5.81. The zero-order valence-electron chi connectivity index (χ0n) is 25.4. The van der Waals surface area contributed by atoms with Gasteiger partial charge in [0.1, 0.15) is 4.66 Å². The Balaban J connectivity index is 1.52. The first-order valence-corrected chi connectivity index (χ1v) is 20.4. The number of nitrogens with zero attached hydrogens (tertiary/aromatic N) is 3. The maximum atomic E-state index is 13.5. The van der Waals surface area contributed by atoms with Gasteiger partial charge in [0.15, 0.2) is 6.54 Å². The third kappa shape index (κ3) is 9.19. The van der Waals surface area contributed by atoms with Crippen LogP contribution >= 0.6 is 34.4 Å². The van der Waals surface area contributed by atoms with Crippen LogP contribution in [0, 0.1) is 0 Å². The topological polar surface area (TPSA) is 144 Å². The Hall–Kier alpha value is -3.31. The van der Waals surface area contributed by atoms with Crippen LogP contribution in [0.15, 0.2) is 87.4 Å². The van der Waals surface area contributed by atoms with Gasteiger partial charge >= 0.3 is 0 Å². The summed E-state index contributed by atoms with van der Waals surface area (Å²) in [4.78, 5) is 15.5. The summed E-state index contributed by atoms with van der Waals surface area (Å²) in [6.45, 7) is 2.94. The molecule has 0 amide bonds. The van der Waals surface area contributed by atoms with Crippen LogP contribution in [0.4, 0.5) is 0 Å². The van der Waals surface area contributed by atoms with Crippen LogP contribution in [0.2, 0.25) is 0 Å². The fourth-order valence-electron chi connectivity index (χ4n) is 5.10. The summed E-state index contributed by atoms with van der Waals surface area (Å²) >= 11 is 4.25. The van der Waals surface area contributed by atoms with E-state index in [1.807, 2.05) is 100.0 Å². The molecule has 5 rings (SSSR count). The Morgan fingerprint density at radius 1 is 0.872 bits per heavy atom. The lowest BCUT2D eigenvalue weighted by Crippen LogP contribution is -2.38. The van der Waals surface area contributed by atoms with E-state index >= 15 is 0 Å². The number of benzene rings is 2. The number of hydrogen-bond acceptors (Lipinski definition) is 11. The molecule has 0 spiro atoms. The fraction of sp³-hybridized carbons (Fsp3) is 0.250. The second-order valence-electron chi connectivity index (χ2n) is 10.5. The third-order valence-electron chi connectivity index (χ3n) is 7.26. The molecule has 15 heteroatoms. The number of rotatable bonds is 13. The second-order valence-corrected chi connectivity index (χ2v) is 16.4. The molecule has 4 aromatic rings. The van der Waals surface area contributed by atoms with Crippen molar-refractivity contribution in [1.29, 1.82) is 0 Å². The summed E-state index contributed by atoms with van der Waals surface area (Å²) in [5.41, 5.74) is 3.50. The number of thiazole rings is 2. The molecule has 1 aliphatic rings. The highest BCUT2D eigenvalue weighted by Gasteiger charge is 2.23. The summed E-state index contributed by atoms with van der Waals surface area (Å²) in [7, 11) is -8.72. The fourth-order valence-corrected chi connectivity index (χ4v) is 9.14. The SMILES string of the molecule is CCn1c(=O)/c(=C\C=C2/SC=C(c3ccccc3)N2CCCS(=O)(=O)[O-])s/c1=C\c1scc(-c2ccccc2)[n+]1CCCS(=O)(=O)[O-]. The van der Waals surface area contributed by atoms with Crippen LogP contribution < -0.4 is 19.3 Å². The van der Waals surface area contributed by atoms with Crippen LogP contribution in [0.25, 0.3) is 29.1 Å². The van der Waals surface area contributed by atoms with Gasteiger partial charge < -0.3 is 14.0 Å². The molecule has 2 aromatic heterocycles. The number of aromatic nitrogens is 2. The molecular weight excluding hydrogens is 699 g/mol. The molecule has 0 aliphatic carbocycles. The minimum atomic E-state index is -4.36. The Kier molecular flexibility index (Phi) is 11.4. The molecule has 47 heavy (non-hydrogen) atoms. The van der Waals surface area contributed by atoms with Gasteiger partial charge in [-0.3, -0.25) is 9.36 Å². The van der Waals surface area contributed by atoms with Gasteiger partial charge in [-0.2, -0.15) is 4.57 Å². The van der Waals surface area contributed by atoms with Crippen molar-refractivity contribution in [1.82, 2.24) is 9.47 Å². The standard InChI is InChI=1S/C32H33N3O7S5/c1-2-33-31(21-30-35(18-10-20-47(40,41)42)27(23-44-30)25-13-7-4-8-14-25)45-28(32(33)36)15-16-29-34(17-9-19-46(37,38)39)26(22-43-29)24-11-5-3-6-12-24/h3-8,11-16,21-23H,2,9-10,17-20H2,1H3,(H-,37,38,39,40,41,42)/p-1/b28-15+,29-16-. The lowest BCUT2D eigenvalue weighted by Gasteiger charge is -2.24. The molecule has 2 aromatic carbocycles. The van der Waals surface area contributed by atoms with Gasteiger partial charge in [0.2, 0.25) is 5.69 Å². The minimum absolute atomic E-state index is 0.152. The molecular formula is C32H32N3O7S5-. The zero-order chi connectivity index (χ0) is 33.6. The van der Waals surface area contributed by atoms with Crippen molar-refractivity contribution in [2.45, 2.75) is 32.9 Å². The maximum absolute atomic E-state index is 13.5. The van der Waals surface area contributed by atoms with E-state index in [9.17, 15) is 30.7 Å². The third-order valence-corrected chi connectivity index (χ3v) is 11.8. The van der Waals surface area contributed by atoms with Crippen molar-refractivity contribution in [3.8, 4) is 11.3 Å². The highest BCUT2D eigenvalue weighted by Crippen LogP contribution is 2.39. The Morgan fingerprint density at radius 3 is 2.15 bits per heavy atom. The minimum Gasteiger partial charge on any atom is -0.748 e.